The van der Waals surface area contributed by atoms with Gasteiger partial charge in [-0.2, -0.15) is 5.26 Å². The van der Waals surface area contributed by atoms with Crippen LogP contribution in [0.5, 0.6) is 0 Å². The first-order chi connectivity index (χ1) is 12.5. The summed E-state index contributed by atoms with van der Waals surface area (Å²) in [7, 11) is 0. The molecular weight excluding hydrogens is 364 g/mol. The molecule has 0 atom stereocenters. The maximum absolute atomic E-state index is 12.4. The molecule has 0 radical (unpaired) electrons. The van der Waals surface area contributed by atoms with Crippen LogP contribution in [0.15, 0.2) is 46.8 Å². The second kappa shape index (κ2) is 7.48. The number of rotatable bonds is 5. The summed E-state index contributed by atoms with van der Waals surface area (Å²) in [5, 5.41) is 9.02. The fraction of sp³-hybridized carbons (Fsp3) is 0.250. The summed E-state index contributed by atoms with van der Waals surface area (Å²) < 4.78 is 5.56. The van der Waals surface area contributed by atoms with E-state index in [2.05, 4.69) is 11.1 Å². The van der Waals surface area contributed by atoms with Gasteiger partial charge in [0.25, 0.3) is 0 Å². The summed E-state index contributed by atoms with van der Waals surface area (Å²) in [6.45, 7) is 5.91. The maximum Gasteiger partial charge on any atom is 0.321 e. The Morgan fingerprint density at radius 2 is 2.00 bits per heavy atom. The number of nitrogens with zero attached hydrogens (tertiary/aromatic N) is 2. The van der Waals surface area contributed by atoms with Crippen LogP contribution >= 0.6 is 23.1 Å². The quantitative estimate of drug-likeness (QED) is 0.444. The highest BCUT2D eigenvalue weighted by Gasteiger charge is 2.32. The summed E-state index contributed by atoms with van der Waals surface area (Å²) in [4.78, 5) is 17.8. The Kier molecular flexibility index (Phi) is 5.30. The van der Waals surface area contributed by atoms with Gasteiger partial charge in [0.05, 0.1) is 34.0 Å². The van der Waals surface area contributed by atoms with Crippen molar-refractivity contribution in [2.45, 2.75) is 30.4 Å². The molecule has 0 unspecified atom stereocenters. The van der Waals surface area contributed by atoms with Crippen molar-refractivity contribution in [1.29, 1.82) is 5.26 Å². The van der Waals surface area contributed by atoms with Gasteiger partial charge in [-0.3, -0.25) is 4.79 Å². The lowest BCUT2D eigenvalue weighted by atomic mass is 10.0. The summed E-state index contributed by atoms with van der Waals surface area (Å²) >= 11 is 3.05. The first kappa shape index (κ1) is 18.4. The van der Waals surface area contributed by atoms with Crippen molar-refractivity contribution in [1.82, 2.24) is 4.98 Å². The average molecular weight is 383 g/mol. The zero-order chi connectivity index (χ0) is 18.7. The monoisotopic (exact) mass is 382 g/mol. The second-order valence-electron chi connectivity index (χ2n) is 6.16. The number of thiazole rings is 1. The van der Waals surface area contributed by atoms with Crippen LogP contribution in [-0.4, -0.2) is 22.3 Å². The Labute approximate surface area is 160 Å². The van der Waals surface area contributed by atoms with Crippen LogP contribution in [0.25, 0.3) is 21.3 Å². The SMILES string of the molecule is CCOC(=O)C(C)(C)Sc1c(-c2ccc(C#N)cc2)ccc2ncsc12. The number of esters is 1. The molecule has 0 saturated heterocycles. The van der Waals surface area contributed by atoms with Gasteiger partial charge in [0.2, 0.25) is 0 Å². The molecule has 0 aliphatic rings. The summed E-state index contributed by atoms with van der Waals surface area (Å²) in [6.07, 6.45) is 0. The van der Waals surface area contributed by atoms with Gasteiger partial charge in [-0.05, 0) is 50.1 Å². The lowest BCUT2D eigenvalue weighted by Crippen LogP contribution is -2.30. The van der Waals surface area contributed by atoms with E-state index in [0.29, 0.717) is 12.2 Å². The zero-order valence-electron chi connectivity index (χ0n) is 14.8. The largest absolute Gasteiger partial charge is 0.465 e. The third-order valence-corrected chi connectivity index (χ3v) is 6.20. The van der Waals surface area contributed by atoms with Gasteiger partial charge < -0.3 is 4.74 Å². The van der Waals surface area contributed by atoms with Crippen molar-refractivity contribution < 1.29 is 9.53 Å². The van der Waals surface area contributed by atoms with E-state index < -0.39 is 4.75 Å². The third kappa shape index (κ3) is 3.59. The van der Waals surface area contributed by atoms with Crippen LogP contribution in [-0.2, 0) is 9.53 Å². The van der Waals surface area contributed by atoms with E-state index in [1.165, 1.54) is 11.8 Å². The number of ether oxygens (including phenoxy) is 1. The number of benzene rings is 2. The van der Waals surface area contributed by atoms with Gasteiger partial charge in [-0.25, -0.2) is 4.98 Å². The Hall–Kier alpha value is -2.36. The van der Waals surface area contributed by atoms with E-state index in [1.807, 2.05) is 50.5 Å². The van der Waals surface area contributed by atoms with Gasteiger partial charge in [-0.1, -0.05) is 18.2 Å². The molecule has 1 aromatic heterocycles. The molecule has 6 heteroatoms. The standard InChI is InChI=1S/C20H18N2O2S2/c1-4-24-19(23)20(2,3)26-17-15(9-10-16-18(17)25-12-22-16)14-7-5-13(11-21)6-8-14/h5-10,12H,4H2,1-3H3. The smallest absolute Gasteiger partial charge is 0.321 e. The van der Waals surface area contributed by atoms with Gasteiger partial charge in [-0.15, -0.1) is 23.1 Å². The molecule has 4 nitrogen and oxygen atoms in total. The summed E-state index contributed by atoms with van der Waals surface area (Å²) in [6, 6.07) is 13.6. The zero-order valence-corrected chi connectivity index (χ0v) is 16.4. The van der Waals surface area contributed by atoms with Gasteiger partial charge >= 0.3 is 5.97 Å². The number of hydrogen-bond acceptors (Lipinski definition) is 6. The minimum Gasteiger partial charge on any atom is -0.465 e. The van der Waals surface area contributed by atoms with E-state index in [4.69, 9.17) is 10.00 Å². The fourth-order valence-corrected chi connectivity index (χ4v) is 4.70. The first-order valence-electron chi connectivity index (χ1n) is 8.19. The van der Waals surface area contributed by atoms with E-state index in [9.17, 15) is 4.79 Å². The lowest BCUT2D eigenvalue weighted by Gasteiger charge is -2.23. The highest BCUT2D eigenvalue weighted by atomic mass is 32.2. The molecule has 2 aromatic carbocycles. The molecule has 0 aliphatic heterocycles. The molecule has 3 rings (SSSR count). The van der Waals surface area contributed by atoms with Gasteiger partial charge in [0.1, 0.15) is 4.75 Å². The van der Waals surface area contributed by atoms with Crippen molar-refractivity contribution in [3.8, 4) is 17.2 Å². The lowest BCUT2D eigenvalue weighted by molar-refractivity contribution is -0.145. The molecule has 0 spiro atoms. The predicted octanol–water partition coefficient (Wildman–Crippen LogP) is 5.27. The number of nitriles is 1. The van der Waals surface area contributed by atoms with Gasteiger partial charge in [0.15, 0.2) is 0 Å². The number of aromatic nitrogens is 1. The summed E-state index contributed by atoms with van der Waals surface area (Å²) in [5.41, 5.74) is 5.37. The van der Waals surface area contributed by atoms with Crippen LogP contribution in [0.2, 0.25) is 0 Å². The first-order valence-corrected chi connectivity index (χ1v) is 9.89. The van der Waals surface area contributed by atoms with Crippen LogP contribution in [0.4, 0.5) is 0 Å². The molecule has 0 N–H and O–H groups in total. The molecule has 0 bridgehead atoms. The Bertz CT molecular complexity index is 985. The minimum atomic E-state index is -0.727. The van der Waals surface area contributed by atoms with E-state index in [1.54, 1.807) is 23.5 Å². The number of carbonyl (C=O) groups is 1. The van der Waals surface area contributed by atoms with Crippen LogP contribution in [0, 0.1) is 11.3 Å². The molecule has 0 amide bonds. The highest BCUT2D eigenvalue weighted by molar-refractivity contribution is 8.01. The summed E-state index contributed by atoms with van der Waals surface area (Å²) in [5.74, 6) is -0.239. The molecule has 3 aromatic rings. The second-order valence-corrected chi connectivity index (χ2v) is 8.65. The fourth-order valence-electron chi connectivity index (χ4n) is 2.56. The van der Waals surface area contributed by atoms with E-state index in [-0.39, 0.29) is 5.97 Å². The highest BCUT2D eigenvalue weighted by Crippen LogP contribution is 2.44. The maximum atomic E-state index is 12.4. The van der Waals surface area contributed by atoms with Crippen molar-refractivity contribution in [2.24, 2.45) is 0 Å². The van der Waals surface area contributed by atoms with Crippen LogP contribution < -0.4 is 0 Å². The Morgan fingerprint density at radius 1 is 1.27 bits per heavy atom. The average Bonchev–Trinajstić information content (AvgIpc) is 3.11. The molecule has 0 aliphatic carbocycles. The molecule has 1 heterocycles. The van der Waals surface area contributed by atoms with Crippen molar-refractivity contribution >= 4 is 39.3 Å². The van der Waals surface area contributed by atoms with Crippen molar-refractivity contribution in [3.63, 3.8) is 0 Å². The molecule has 0 saturated carbocycles. The van der Waals surface area contributed by atoms with Gasteiger partial charge in [0, 0.05) is 4.90 Å². The Balaban J connectivity index is 2.11. The predicted molar refractivity (Wildman–Crippen MR) is 106 cm³/mol. The van der Waals surface area contributed by atoms with Crippen molar-refractivity contribution in [3.05, 3.63) is 47.5 Å². The van der Waals surface area contributed by atoms with Crippen molar-refractivity contribution in [2.75, 3.05) is 6.61 Å². The number of thioether (sulfide) groups is 1. The molecule has 26 heavy (non-hydrogen) atoms. The normalized spacial score (nSPS) is 11.3. The topological polar surface area (TPSA) is 63.0 Å². The number of fused-ring (bicyclic) bond motifs is 1. The minimum absolute atomic E-state index is 0.239. The molecular formula is C20H18N2O2S2. The molecule has 132 valence electrons. The molecule has 0 fully saturated rings. The third-order valence-electron chi connectivity index (χ3n) is 3.90. The van der Waals surface area contributed by atoms with Crippen LogP contribution in [0.3, 0.4) is 0 Å². The Morgan fingerprint density at radius 3 is 2.65 bits per heavy atom. The van der Waals surface area contributed by atoms with E-state index in [0.717, 1.165) is 26.2 Å². The number of carbonyl (C=O) groups excluding carboxylic acids is 1. The number of hydrogen-bond donors (Lipinski definition) is 0. The van der Waals surface area contributed by atoms with Crippen LogP contribution in [0.1, 0.15) is 26.3 Å². The van der Waals surface area contributed by atoms with E-state index >= 15 is 0 Å².